The van der Waals surface area contributed by atoms with E-state index in [0.717, 1.165) is 16.5 Å². The molecule has 124 valence electrons. The van der Waals surface area contributed by atoms with E-state index in [0.29, 0.717) is 18.5 Å². The lowest BCUT2D eigenvalue weighted by atomic mass is 10.1. The monoisotopic (exact) mass is 342 g/mol. The first-order valence-corrected chi connectivity index (χ1v) is 9.11. The van der Waals surface area contributed by atoms with Crippen LogP contribution in [0.15, 0.2) is 59.6 Å². The first-order valence-electron chi connectivity index (χ1n) is 7.63. The minimum absolute atomic E-state index is 0.0914. The van der Waals surface area contributed by atoms with Crippen LogP contribution < -0.4 is 4.72 Å². The zero-order valence-electron chi connectivity index (χ0n) is 13.2. The van der Waals surface area contributed by atoms with Crippen LogP contribution in [-0.2, 0) is 16.4 Å². The van der Waals surface area contributed by atoms with Crippen LogP contribution in [0.4, 0.5) is 0 Å². The van der Waals surface area contributed by atoms with Crippen LogP contribution in [0.25, 0.3) is 10.9 Å². The highest BCUT2D eigenvalue weighted by Crippen LogP contribution is 2.18. The van der Waals surface area contributed by atoms with Crippen molar-refractivity contribution in [1.29, 1.82) is 0 Å². The number of sulfonamides is 1. The molecule has 6 heteroatoms. The summed E-state index contributed by atoms with van der Waals surface area (Å²) in [5.41, 5.74) is 2.60. The Balaban J connectivity index is 1.68. The van der Waals surface area contributed by atoms with Crippen molar-refractivity contribution >= 4 is 26.7 Å². The third-order valence-corrected chi connectivity index (χ3v) is 5.41. The molecule has 0 saturated carbocycles. The van der Waals surface area contributed by atoms with Crippen LogP contribution in [0.5, 0.6) is 0 Å². The molecule has 24 heavy (non-hydrogen) atoms. The molecule has 0 amide bonds. The van der Waals surface area contributed by atoms with Crippen LogP contribution in [0.3, 0.4) is 0 Å². The normalized spacial score (nSPS) is 11.7. The standard InChI is InChI=1S/C18H18N2O3S/c1-13(21)14-6-8-16(9-7-14)24(22,23)20-11-10-15-12-19-18-5-3-2-4-17(15)18/h2-9,12,19-20H,10-11H2,1H3. The second-order valence-corrected chi connectivity index (χ2v) is 7.35. The van der Waals surface area contributed by atoms with E-state index in [1.165, 1.54) is 31.2 Å². The fourth-order valence-electron chi connectivity index (χ4n) is 2.61. The second kappa shape index (κ2) is 6.59. The third kappa shape index (κ3) is 3.39. The molecule has 2 N–H and O–H groups in total. The van der Waals surface area contributed by atoms with Crippen LogP contribution in [-0.4, -0.2) is 25.7 Å². The minimum atomic E-state index is -3.58. The molecule has 3 aromatic rings. The number of aromatic amines is 1. The number of para-hydroxylation sites is 1. The maximum Gasteiger partial charge on any atom is 0.240 e. The molecule has 0 bridgehead atoms. The Kier molecular flexibility index (Phi) is 4.51. The molecule has 5 nitrogen and oxygen atoms in total. The lowest BCUT2D eigenvalue weighted by Crippen LogP contribution is -2.26. The Hall–Kier alpha value is -2.44. The van der Waals surface area contributed by atoms with Gasteiger partial charge in [0.05, 0.1) is 4.90 Å². The van der Waals surface area contributed by atoms with E-state index < -0.39 is 10.0 Å². The number of benzene rings is 2. The van der Waals surface area contributed by atoms with Crippen molar-refractivity contribution in [3.05, 3.63) is 65.9 Å². The molecule has 0 aliphatic heterocycles. The van der Waals surface area contributed by atoms with E-state index in [1.54, 1.807) is 0 Å². The molecule has 0 aliphatic carbocycles. The van der Waals surface area contributed by atoms with Gasteiger partial charge in [0.1, 0.15) is 0 Å². The first kappa shape index (κ1) is 16.4. The summed E-state index contributed by atoms with van der Waals surface area (Å²) in [6.07, 6.45) is 2.50. The van der Waals surface area contributed by atoms with Gasteiger partial charge in [-0.3, -0.25) is 4.79 Å². The quantitative estimate of drug-likeness (QED) is 0.676. The molecule has 0 fully saturated rings. The summed E-state index contributed by atoms with van der Waals surface area (Å²) in [6, 6.07) is 13.9. The SMILES string of the molecule is CC(=O)c1ccc(S(=O)(=O)NCCc2c[nH]c3ccccc23)cc1. The van der Waals surface area contributed by atoms with Gasteiger partial charge >= 0.3 is 0 Å². The third-order valence-electron chi connectivity index (χ3n) is 3.93. The van der Waals surface area contributed by atoms with Gasteiger partial charge in [-0.15, -0.1) is 0 Å². The van der Waals surface area contributed by atoms with Gasteiger partial charge < -0.3 is 4.98 Å². The maximum absolute atomic E-state index is 12.3. The predicted molar refractivity (Wildman–Crippen MR) is 93.6 cm³/mol. The number of rotatable bonds is 6. The molecular weight excluding hydrogens is 324 g/mol. The van der Waals surface area contributed by atoms with Gasteiger partial charge in [0.2, 0.25) is 10.0 Å². The smallest absolute Gasteiger partial charge is 0.240 e. The van der Waals surface area contributed by atoms with E-state index in [2.05, 4.69) is 9.71 Å². The van der Waals surface area contributed by atoms with Gasteiger partial charge in [-0.25, -0.2) is 13.1 Å². The van der Waals surface area contributed by atoms with E-state index in [9.17, 15) is 13.2 Å². The fourth-order valence-corrected chi connectivity index (χ4v) is 3.64. The summed E-state index contributed by atoms with van der Waals surface area (Å²) in [6.45, 7) is 1.75. The molecule has 1 aromatic heterocycles. The van der Waals surface area contributed by atoms with E-state index in [1.807, 2.05) is 30.5 Å². The van der Waals surface area contributed by atoms with Gasteiger partial charge in [0, 0.05) is 29.2 Å². The van der Waals surface area contributed by atoms with E-state index >= 15 is 0 Å². The number of hydrogen-bond acceptors (Lipinski definition) is 3. The molecule has 0 unspecified atom stereocenters. The molecule has 1 heterocycles. The van der Waals surface area contributed by atoms with Gasteiger partial charge in [0.25, 0.3) is 0 Å². The highest BCUT2D eigenvalue weighted by Gasteiger charge is 2.14. The summed E-state index contributed by atoms with van der Waals surface area (Å²) in [5.74, 6) is -0.0914. The van der Waals surface area contributed by atoms with Crippen molar-refractivity contribution < 1.29 is 13.2 Å². The molecule has 0 radical (unpaired) electrons. The predicted octanol–water partition coefficient (Wildman–Crippen LogP) is 2.89. The van der Waals surface area contributed by atoms with Gasteiger partial charge in [0.15, 0.2) is 5.78 Å². The lowest BCUT2D eigenvalue weighted by Gasteiger charge is -2.07. The van der Waals surface area contributed by atoms with Gasteiger partial charge in [-0.2, -0.15) is 0 Å². The molecule has 0 aliphatic rings. The molecule has 0 spiro atoms. The van der Waals surface area contributed by atoms with Crippen molar-refractivity contribution in [1.82, 2.24) is 9.71 Å². The molecule has 2 aromatic carbocycles. The number of fused-ring (bicyclic) bond motifs is 1. The number of H-pyrrole nitrogens is 1. The van der Waals surface area contributed by atoms with Gasteiger partial charge in [-0.1, -0.05) is 30.3 Å². The highest BCUT2D eigenvalue weighted by molar-refractivity contribution is 7.89. The average molecular weight is 342 g/mol. The molecule has 3 rings (SSSR count). The number of nitrogens with one attached hydrogen (secondary N) is 2. The zero-order chi connectivity index (χ0) is 17.2. The topological polar surface area (TPSA) is 79.0 Å². The van der Waals surface area contributed by atoms with Crippen molar-refractivity contribution in [3.8, 4) is 0 Å². The summed E-state index contributed by atoms with van der Waals surface area (Å²) < 4.78 is 27.2. The number of carbonyl (C=O) groups excluding carboxylic acids is 1. The Morgan fingerprint density at radius 3 is 2.50 bits per heavy atom. The van der Waals surface area contributed by atoms with E-state index in [-0.39, 0.29) is 10.7 Å². The highest BCUT2D eigenvalue weighted by atomic mass is 32.2. The van der Waals surface area contributed by atoms with Gasteiger partial charge in [-0.05, 0) is 37.1 Å². The van der Waals surface area contributed by atoms with Crippen LogP contribution in [0.1, 0.15) is 22.8 Å². The molecule has 0 saturated heterocycles. The Morgan fingerprint density at radius 2 is 1.79 bits per heavy atom. The van der Waals surface area contributed by atoms with Crippen LogP contribution in [0.2, 0.25) is 0 Å². The van der Waals surface area contributed by atoms with Crippen molar-refractivity contribution in [2.24, 2.45) is 0 Å². The lowest BCUT2D eigenvalue weighted by molar-refractivity contribution is 0.101. The largest absolute Gasteiger partial charge is 0.361 e. The summed E-state index contributed by atoms with van der Waals surface area (Å²) in [4.78, 5) is 14.6. The number of Topliss-reactive ketones (excluding diaryl/α,β-unsaturated/α-hetero) is 1. The maximum atomic E-state index is 12.3. The first-order chi connectivity index (χ1) is 11.5. The van der Waals surface area contributed by atoms with Crippen LogP contribution in [0, 0.1) is 0 Å². The van der Waals surface area contributed by atoms with Crippen molar-refractivity contribution in [3.63, 3.8) is 0 Å². The van der Waals surface area contributed by atoms with Crippen molar-refractivity contribution in [2.75, 3.05) is 6.54 Å². The average Bonchev–Trinajstić information content (AvgIpc) is 2.98. The summed E-state index contributed by atoms with van der Waals surface area (Å²) >= 11 is 0. The number of ketones is 1. The Morgan fingerprint density at radius 1 is 1.08 bits per heavy atom. The zero-order valence-corrected chi connectivity index (χ0v) is 14.1. The second-order valence-electron chi connectivity index (χ2n) is 5.59. The number of carbonyl (C=O) groups is 1. The summed E-state index contributed by atoms with van der Waals surface area (Å²) in [5, 5.41) is 1.10. The minimum Gasteiger partial charge on any atom is -0.361 e. The molecular formula is C18H18N2O3S. The number of hydrogen-bond donors (Lipinski definition) is 2. The fraction of sp³-hybridized carbons (Fsp3) is 0.167. The van der Waals surface area contributed by atoms with Crippen molar-refractivity contribution in [2.45, 2.75) is 18.2 Å². The Labute approximate surface area is 140 Å². The Bertz CT molecular complexity index is 973. The number of aromatic nitrogens is 1. The summed E-state index contributed by atoms with van der Waals surface area (Å²) in [7, 11) is -3.58. The van der Waals surface area contributed by atoms with E-state index in [4.69, 9.17) is 0 Å². The molecule has 0 atom stereocenters. The van der Waals surface area contributed by atoms with Crippen LogP contribution >= 0.6 is 0 Å².